The number of carbonyl (C=O) groups is 2. The van der Waals surface area contributed by atoms with E-state index in [0.717, 1.165) is 38.8 Å². The lowest BCUT2D eigenvalue weighted by molar-refractivity contribution is -0.129. The topological polar surface area (TPSA) is 49.4 Å². The van der Waals surface area contributed by atoms with Crippen molar-refractivity contribution in [2.45, 2.75) is 91.9 Å². The van der Waals surface area contributed by atoms with E-state index in [9.17, 15) is 9.59 Å². The summed E-state index contributed by atoms with van der Waals surface area (Å²) in [5, 5.41) is 2.97. The lowest BCUT2D eigenvalue weighted by Gasteiger charge is -2.16. The van der Waals surface area contributed by atoms with Gasteiger partial charge in [-0.25, -0.2) is 0 Å². The summed E-state index contributed by atoms with van der Waals surface area (Å²) in [7, 11) is 0. The van der Waals surface area contributed by atoms with Crippen molar-refractivity contribution in [3.05, 3.63) is 0 Å². The molecule has 0 bridgehead atoms. The fourth-order valence-electron chi connectivity index (χ4n) is 2.98. The Labute approximate surface area is 149 Å². The van der Waals surface area contributed by atoms with Crippen molar-refractivity contribution in [2.24, 2.45) is 5.92 Å². The fourth-order valence-corrected chi connectivity index (χ4v) is 2.98. The third-order valence-corrected chi connectivity index (χ3v) is 4.45. The van der Waals surface area contributed by atoms with Crippen molar-refractivity contribution in [2.75, 3.05) is 19.6 Å². The summed E-state index contributed by atoms with van der Waals surface area (Å²) >= 11 is 0. The highest BCUT2D eigenvalue weighted by Crippen LogP contribution is 2.19. The van der Waals surface area contributed by atoms with E-state index < -0.39 is 0 Å². The van der Waals surface area contributed by atoms with E-state index in [-0.39, 0.29) is 17.7 Å². The molecule has 24 heavy (non-hydrogen) atoms. The van der Waals surface area contributed by atoms with E-state index in [1.165, 1.54) is 32.1 Å². The number of nitrogens with zero attached hydrogens (tertiary/aromatic N) is 1. The Bertz CT molecular complexity index is 332. The number of amides is 2. The van der Waals surface area contributed by atoms with Crippen molar-refractivity contribution >= 4 is 11.8 Å². The minimum absolute atomic E-state index is 0.0647. The molecule has 1 rings (SSSR count). The van der Waals surface area contributed by atoms with Crippen LogP contribution in [-0.2, 0) is 9.59 Å². The molecule has 0 aromatic rings. The van der Waals surface area contributed by atoms with Crippen molar-refractivity contribution in [3.8, 4) is 0 Å². The first kappa shape index (κ1) is 22.9. The minimum Gasteiger partial charge on any atom is -0.356 e. The second-order valence-electron chi connectivity index (χ2n) is 6.51. The lowest BCUT2D eigenvalue weighted by atomic mass is 10.1. The molecule has 1 fully saturated rings. The number of rotatable bonds is 12. The molecule has 0 aromatic carbocycles. The molecule has 4 heteroatoms. The Morgan fingerprint density at radius 3 is 2.25 bits per heavy atom. The molecule has 0 aliphatic carbocycles. The molecule has 4 nitrogen and oxygen atoms in total. The zero-order valence-corrected chi connectivity index (χ0v) is 16.5. The van der Waals surface area contributed by atoms with Crippen molar-refractivity contribution in [3.63, 3.8) is 0 Å². The van der Waals surface area contributed by atoms with E-state index in [1.54, 1.807) is 0 Å². The summed E-state index contributed by atoms with van der Waals surface area (Å²) in [4.78, 5) is 25.9. The fraction of sp³-hybridized carbons (Fsp3) is 0.900. The molecule has 1 unspecified atom stereocenters. The predicted octanol–water partition coefficient (Wildman–Crippen LogP) is 4.53. The summed E-state index contributed by atoms with van der Waals surface area (Å²) in [5.41, 5.74) is 0. The van der Waals surface area contributed by atoms with Gasteiger partial charge in [-0.05, 0) is 12.8 Å². The van der Waals surface area contributed by atoms with Gasteiger partial charge in [-0.2, -0.15) is 0 Å². The molecule has 1 aliphatic heterocycles. The zero-order chi connectivity index (χ0) is 18.2. The van der Waals surface area contributed by atoms with Crippen LogP contribution in [0.1, 0.15) is 91.9 Å². The summed E-state index contributed by atoms with van der Waals surface area (Å²) < 4.78 is 0. The average Bonchev–Trinajstić information content (AvgIpc) is 2.97. The third kappa shape index (κ3) is 9.94. The molecule has 1 aliphatic rings. The molecule has 142 valence electrons. The predicted molar refractivity (Wildman–Crippen MR) is 102 cm³/mol. The van der Waals surface area contributed by atoms with Crippen LogP contribution in [-0.4, -0.2) is 36.3 Å². The standard InChI is InChI=1S/C18H34N2O2.C2H6/c1-3-5-7-8-9-11-13-20-15-16(14-17(20)21)18(22)19-12-10-6-4-2;1-2/h16H,3-15H2,1-2H3,(H,19,22);1-2H3. The van der Waals surface area contributed by atoms with Crippen LogP contribution in [0.25, 0.3) is 0 Å². The van der Waals surface area contributed by atoms with Gasteiger partial charge >= 0.3 is 0 Å². The summed E-state index contributed by atoms with van der Waals surface area (Å²) in [6.45, 7) is 10.6. The van der Waals surface area contributed by atoms with Crippen LogP contribution in [0.2, 0.25) is 0 Å². The summed E-state index contributed by atoms with van der Waals surface area (Å²) in [6.07, 6.45) is 11.1. The van der Waals surface area contributed by atoms with E-state index in [0.29, 0.717) is 13.0 Å². The van der Waals surface area contributed by atoms with Gasteiger partial charge in [0.25, 0.3) is 0 Å². The second kappa shape index (κ2) is 15.5. The Morgan fingerprint density at radius 2 is 1.58 bits per heavy atom. The van der Waals surface area contributed by atoms with Crippen LogP contribution in [0.5, 0.6) is 0 Å². The van der Waals surface area contributed by atoms with E-state index in [4.69, 9.17) is 0 Å². The lowest BCUT2D eigenvalue weighted by Crippen LogP contribution is -2.33. The summed E-state index contributed by atoms with van der Waals surface area (Å²) in [5.74, 6) is 0.0892. The van der Waals surface area contributed by atoms with Crippen LogP contribution < -0.4 is 5.32 Å². The minimum atomic E-state index is -0.130. The first-order chi connectivity index (χ1) is 11.7. The Hall–Kier alpha value is -1.06. The average molecular weight is 341 g/mol. The first-order valence-corrected chi connectivity index (χ1v) is 10.2. The van der Waals surface area contributed by atoms with Crippen LogP contribution in [0.4, 0.5) is 0 Å². The molecular weight excluding hydrogens is 300 g/mol. The highest BCUT2D eigenvalue weighted by Gasteiger charge is 2.33. The highest BCUT2D eigenvalue weighted by molar-refractivity contribution is 5.89. The maximum atomic E-state index is 12.1. The van der Waals surface area contributed by atoms with Gasteiger partial charge in [0.15, 0.2) is 0 Å². The SMILES string of the molecule is CC.CCCCCCCCN1CC(C(=O)NCCCCC)CC1=O. The van der Waals surface area contributed by atoms with Crippen molar-refractivity contribution < 1.29 is 9.59 Å². The molecular formula is C20H40N2O2. The van der Waals surface area contributed by atoms with Gasteiger partial charge in [0.05, 0.1) is 5.92 Å². The largest absolute Gasteiger partial charge is 0.356 e. The summed E-state index contributed by atoms with van der Waals surface area (Å²) in [6, 6.07) is 0. The Morgan fingerprint density at radius 1 is 1.00 bits per heavy atom. The van der Waals surface area contributed by atoms with E-state index in [2.05, 4.69) is 19.2 Å². The maximum Gasteiger partial charge on any atom is 0.225 e. The number of carbonyl (C=O) groups excluding carboxylic acids is 2. The molecule has 0 radical (unpaired) electrons. The molecule has 1 saturated heterocycles. The quantitative estimate of drug-likeness (QED) is 0.531. The van der Waals surface area contributed by atoms with Crippen molar-refractivity contribution in [1.82, 2.24) is 10.2 Å². The molecule has 1 N–H and O–H groups in total. The van der Waals surface area contributed by atoms with Crippen molar-refractivity contribution in [1.29, 1.82) is 0 Å². The van der Waals surface area contributed by atoms with Crippen LogP contribution in [0.15, 0.2) is 0 Å². The van der Waals surface area contributed by atoms with Crippen LogP contribution in [0, 0.1) is 5.92 Å². The Kier molecular flexibility index (Phi) is 14.8. The van der Waals surface area contributed by atoms with Gasteiger partial charge in [-0.3, -0.25) is 9.59 Å². The van der Waals surface area contributed by atoms with Gasteiger partial charge in [0.1, 0.15) is 0 Å². The molecule has 0 aromatic heterocycles. The number of likely N-dealkylation sites (tertiary alicyclic amines) is 1. The normalized spacial score (nSPS) is 16.8. The van der Waals surface area contributed by atoms with Gasteiger partial charge in [-0.1, -0.05) is 72.6 Å². The first-order valence-electron chi connectivity index (χ1n) is 10.2. The van der Waals surface area contributed by atoms with Gasteiger partial charge in [0, 0.05) is 26.1 Å². The van der Waals surface area contributed by atoms with Crippen LogP contribution >= 0.6 is 0 Å². The van der Waals surface area contributed by atoms with Crippen LogP contribution in [0.3, 0.4) is 0 Å². The van der Waals surface area contributed by atoms with Gasteiger partial charge in [0.2, 0.25) is 11.8 Å². The smallest absolute Gasteiger partial charge is 0.225 e. The number of hydrogen-bond acceptors (Lipinski definition) is 2. The Balaban J connectivity index is 0.00000254. The molecule has 2 amide bonds. The molecule has 1 heterocycles. The number of hydrogen-bond donors (Lipinski definition) is 1. The number of unbranched alkanes of at least 4 members (excludes halogenated alkanes) is 7. The molecule has 1 atom stereocenters. The van der Waals surface area contributed by atoms with Gasteiger partial charge in [-0.15, -0.1) is 0 Å². The molecule has 0 spiro atoms. The zero-order valence-electron chi connectivity index (χ0n) is 16.5. The van der Waals surface area contributed by atoms with Gasteiger partial charge < -0.3 is 10.2 Å². The van der Waals surface area contributed by atoms with E-state index in [1.807, 2.05) is 18.7 Å². The second-order valence-corrected chi connectivity index (χ2v) is 6.51. The molecule has 0 saturated carbocycles. The number of nitrogens with one attached hydrogen (secondary N) is 1. The maximum absolute atomic E-state index is 12.1. The monoisotopic (exact) mass is 340 g/mol. The third-order valence-electron chi connectivity index (χ3n) is 4.45. The highest BCUT2D eigenvalue weighted by atomic mass is 16.2. The van der Waals surface area contributed by atoms with E-state index >= 15 is 0 Å².